The molecular weight excluding hydrogens is 195 g/mol. The van der Waals surface area contributed by atoms with Crippen molar-refractivity contribution < 1.29 is 66.4 Å². The Balaban J connectivity index is 0. The second kappa shape index (κ2) is 7.14. The summed E-state index contributed by atoms with van der Waals surface area (Å²) in [5, 5.41) is 19.8. The number of carboxylic acids is 1. The minimum absolute atomic E-state index is 0. The molecule has 0 aromatic rings. The Morgan fingerprint density at radius 3 is 2.31 bits per heavy atom. The smallest absolute Gasteiger partial charge is 0.550 e. The van der Waals surface area contributed by atoms with Gasteiger partial charge in [0.05, 0.1) is 5.60 Å². The van der Waals surface area contributed by atoms with Crippen LogP contribution in [0.15, 0.2) is 12.2 Å². The van der Waals surface area contributed by atoms with E-state index in [-0.39, 0.29) is 63.7 Å². The summed E-state index contributed by atoms with van der Waals surface area (Å²) in [6.45, 7) is 4.95. The molecule has 0 spiro atoms. The second-order valence-corrected chi connectivity index (χ2v) is 3.36. The minimum Gasteiger partial charge on any atom is -0.550 e. The van der Waals surface area contributed by atoms with Crippen molar-refractivity contribution in [2.75, 3.05) is 0 Å². The third-order valence-electron chi connectivity index (χ3n) is 1.72. The van der Waals surface area contributed by atoms with Gasteiger partial charge in [-0.2, -0.15) is 0 Å². The van der Waals surface area contributed by atoms with E-state index in [4.69, 9.17) is 0 Å². The molecule has 0 aromatic heterocycles. The van der Waals surface area contributed by atoms with Crippen LogP contribution in [0.4, 0.5) is 0 Å². The van der Waals surface area contributed by atoms with Gasteiger partial charge in [-0.1, -0.05) is 12.2 Å². The molecule has 0 rings (SSSR count). The van der Waals surface area contributed by atoms with E-state index < -0.39 is 11.6 Å². The van der Waals surface area contributed by atoms with E-state index in [0.29, 0.717) is 0 Å². The summed E-state index contributed by atoms with van der Waals surface area (Å²) in [7, 11) is 0. The Bertz CT molecular complexity index is 182. The first-order chi connectivity index (χ1) is 5.38. The number of hydrogen-bond acceptors (Lipinski definition) is 3. The zero-order valence-electron chi connectivity index (χ0n) is 8.70. The summed E-state index contributed by atoms with van der Waals surface area (Å²) in [6.07, 6.45) is 3.26. The first kappa shape index (κ1) is 16.2. The van der Waals surface area contributed by atoms with Gasteiger partial charge in [0.2, 0.25) is 0 Å². The van der Waals surface area contributed by atoms with Crippen LogP contribution in [0.1, 0.15) is 27.2 Å². The molecule has 3 nitrogen and oxygen atoms in total. The van der Waals surface area contributed by atoms with Crippen LogP contribution in [-0.4, -0.2) is 16.7 Å². The average Bonchev–Trinajstić information content (AvgIpc) is 1.83. The third-order valence-corrected chi connectivity index (χ3v) is 1.72. The first-order valence-electron chi connectivity index (χ1n) is 3.93. The summed E-state index contributed by atoms with van der Waals surface area (Å²) in [4.78, 5) is 10.3. The molecule has 0 bridgehead atoms. The molecule has 4 heteroatoms. The summed E-state index contributed by atoms with van der Waals surface area (Å²) in [6, 6.07) is 0. The molecule has 0 saturated heterocycles. The Morgan fingerprint density at radius 2 is 2.08 bits per heavy atom. The van der Waals surface area contributed by atoms with Gasteiger partial charge in [-0.3, -0.25) is 0 Å². The van der Waals surface area contributed by atoms with Crippen LogP contribution in [0.3, 0.4) is 0 Å². The van der Waals surface area contributed by atoms with E-state index in [1.807, 2.05) is 0 Å². The molecule has 0 heterocycles. The molecule has 13 heavy (non-hydrogen) atoms. The van der Waals surface area contributed by atoms with Crippen molar-refractivity contribution in [1.29, 1.82) is 0 Å². The van der Waals surface area contributed by atoms with Crippen LogP contribution in [0.5, 0.6) is 0 Å². The van der Waals surface area contributed by atoms with E-state index in [0.717, 1.165) is 0 Å². The zero-order valence-corrected chi connectivity index (χ0v) is 11.8. The van der Waals surface area contributed by atoms with E-state index in [2.05, 4.69) is 0 Å². The number of allylic oxidation sites excluding steroid dienone is 1. The number of rotatable bonds is 4. The molecule has 0 radical (unpaired) electrons. The quantitative estimate of drug-likeness (QED) is 0.400. The van der Waals surface area contributed by atoms with E-state index in [9.17, 15) is 15.0 Å². The molecule has 70 valence electrons. The fourth-order valence-electron chi connectivity index (χ4n) is 0.965. The predicted octanol–water partition coefficient (Wildman–Crippen LogP) is -2.91. The van der Waals surface area contributed by atoms with Gasteiger partial charge in [0.1, 0.15) is 0 Å². The number of hydrogen-bond donors (Lipinski definition) is 1. The summed E-state index contributed by atoms with van der Waals surface area (Å²) < 4.78 is 0. The minimum atomic E-state index is -1.14. The Kier molecular flexibility index (Phi) is 8.93. The molecule has 0 aliphatic heterocycles. The number of carboxylic acid groups (broad SMARTS) is 1. The van der Waals surface area contributed by atoms with Crippen LogP contribution in [0.25, 0.3) is 0 Å². The summed E-state index contributed by atoms with van der Waals surface area (Å²) >= 11 is 0. The molecular formula is C9H15KO3. The van der Waals surface area contributed by atoms with Crippen molar-refractivity contribution in [3.8, 4) is 0 Å². The maximum atomic E-state index is 10.3. The predicted molar refractivity (Wildman–Crippen MR) is 44.2 cm³/mol. The van der Waals surface area contributed by atoms with Gasteiger partial charge in [-0.05, 0) is 27.2 Å². The molecule has 0 amide bonds. The SMILES string of the molecule is CC=C[C@H](CC(=O)[O-])C(C)(C)O.[K+]. The van der Waals surface area contributed by atoms with E-state index in [1.165, 1.54) is 0 Å². The van der Waals surface area contributed by atoms with Crippen LogP contribution >= 0.6 is 0 Å². The van der Waals surface area contributed by atoms with Crippen molar-refractivity contribution in [2.24, 2.45) is 5.92 Å². The molecule has 1 N–H and O–H groups in total. The van der Waals surface area contributed by atoms with Crippen LogP contribution < -0.4 is 56.5 Å². The average molecular weight is 210 g/mol. The maximum Gasteiger partial charge on any atom is 1.00 e. The van der Waals surface area contributed by atoms with Crippen molar-refractivity contribution in [2.45, 2.75) is 32.8 Å². The largest absolute Gasteiger partial charge is 1.00 e. The second-order valence-electron chi connectivity index (χ2n) is 3.36. The standard InChI is InChI=1S/C9H16O3.K/c1-4-5-7(6-8(10)11)9(2,3)12;/h4-5,7,12H,6H2,1-3H3,(H,10,11);/q;+1/p-1/t7-;/m1./s1. The zero-order chi connectivity index (χ0) is 9.78. The van der Waals surface area contributed by atoms with Crippen molar-refractivity contribution in [3.05, 3.63) is 12.2 Å². The van der Waals surface area contributed by atoms with Gasteiger partial charge < -0.3 is 15.0 Å². The number of carbonyl (C=O) groups is 1. The van der Waals surface area contributed by atoms with Crippen LogP contribution in [0, 0.1) is 5.92 Å². The van der Waals surface area contributed by atoms with Crippen molar-refractivity contribution >= 4 is 5.97 Å². The van der Waals surface area contributed by atoms with Gasteiger partial charge in [0, 0.05) is 11.9 Å². The number of carbonyl (C=O) groups excluding carboxylic acids is 1. The summed E-state index contributed by atoms with van der Waals surface area (Å²) in [5.41, 5.74) is -1.01. The normalized spacial score (nSPS) is 13.8. The topological polar surface area (TPSA) is 60.4 Å². The van der Waals surface area contributed by atoms with Gasteiger partial charge >= 0.3 is 51.4 Å². The van der Waals surface area contributed by atoms with Gasteiger partial charge in [-0.25, -0.2) is 0 Å². The van der Waals surface area contributed by atoms with Crippen molar-refractivity contribution in [1.82, 2.24) is 0 Å². The molecule has 0 unspecified atom stereocenters. The summed E-state index contributed by atoms with van der Waals surface area (Å²) in [5.74, 6) is -1.52. The van der Waals surface area contributed by atoms with Gasteiger partial charge in [0.15, 0.2) is 0 Å². The number of aliphatic carboxylic acids is 1. The van der Waals surface area contributed by atoms with Crippen LogP contribution in [0.2, 0.25) is 0 Å². The monoisotopic (exact) mass is 210 g/mol. The maximum absolute atomic E-state index is 10.3. The molecule has 1 atom stereocenters. The third kappa shape index (κ3) is 7.85. The van der Waals surface area contributed by atoms with E-state index >= 15 is 0 Å². The van der Waals surface area contributed by atoms with Crippen molar-refractivity contribution in [3.63, 3.8) is 0 Å². The molecule has 0 saturated carbocycles. The fraction of sp³-hybridized carbons (Fsp3) is 0.667. The van der Waals surface area contributed by atoms with E-state index in [1.54, 1.807) is 32.9 Å². The molecule has 0 aliphatic rings. The molecule has 0 fully saturated rings. The fourth-order valence-corrected chi connectivity index (χ4v) is 0.965. The molecule has 0 aromatic carbocycles. The Labute approximate surface area is 122 Å². The first-order valence-corrected chi connectivity index (χ1v) is 3.93. The molecule has 0 aliphatic carbocycles. The van der Waals surface area contributed by atoms with Gasteiger partial charge in [0.25, 0.3) is 0 Å². The Morgan fingerprint density at radius 1 is 1.62 bits per heavy atom. The number of aliphatic hydroxyl groups is 1. The van der Waals surface area contributed by atoms with Crippen LogP contribution in [-0.2, 0) is 4.79 Å². The Hall–Kier alpha value is 0.806. The van der Waals surface area contributed by atoms with Gasteiger partial charge in [-0.15, -0.1) is 0 Å².